The third-order valence-electron chi connectivity index (χ3n) is 4.50. The van der Waals surface area contributed by atoms with Gasteiger partial charge in [-0.2, -0.15) is 79.0 Å². The van der Waals surface area contributed by atoms with E-state index in [4.69, 9.17) is 0 Å². The molecule has 23 heteroatoms. The molecular formula is C16H16F18O4P-. The molecule has 0 aromatic carbocycles. The molecule has 0 N–H and O–H groups in total. The molecule has 0 radical (unpaired) electrons. The van der Waals surface area contributed by atoms with Gasteiger partial charge >= 0.3 is 48.3 Å². The molecule has 4 nitrogen and oxygen atoms in total. The van der Waals surface area contributed by atoms with Gasteiger partial charge in [0.2, 0.25) is 0 Å². The highest BCUT2D eigenvalue weighted by Crippen LogP contribution is 2.60. The van der Waals surface area contributed by atoms with Crippen molar-refractivity contribution in [2.45, 2.75) is 99.6 Å². The first kappa shape index (κ1) is 37.9. The second-order valence-electron chi connectivity index (χ2n) is 7.87. The fourth-order valence-electron chi connectivity index (χ4n) is 2.50. The summed E-state index contributed by atoms with van der Waals surface area (Å²) in [4.78, 5) is 11.2. The normalized spacial score (nSPS) is 15.7. The number of hydrogen-bond acceptors (Lipinski definition) is 4. The van der Waals surface area contributed by atoms with Crippen molar-refractivity contribution >= 4 is 7.82 Å². The highest BCUT2D eigenvalue weighted by molar-refractivity contribution is 7.45. The average Bonchev–Trinajstić information content (AvgIpc) is 2.65. The van der Waals surface area contributed by atoms with Crippen molar-refractivity contribution in [2.24, 2.45) is 0 Å². The van der Waals surface area contributed by atoms with E-state index in [1.54, 1.807) is 0 Å². The average molecular weight is 645 g/mol. The fourth-order valence-corrected chi connectivity index (χ4v) is 3.33. The van der Waals surface area contributed by atoms with Crippen LogP contribution in [0.5, 0.6) is 0 Å². The summed E-state index contributed by atoms with van der Waals surface area (Å²) < 4.78 is 250. The van der Waals surface area contributed by atoms with E-state index in [1.807, 2.05) is 0 Å². The van der Waals surface area contributed by atoms with Crippen LogP contribution in [-0.2, 0) is 13.6 Å². The number of phosphoric ester groups is 1. The van der Waals surface area contributed by atoms with Crippen molar-refractivity contribution < 1.29 is 97.5 Å². The van der Waals surface area contributed by atoms with E-state index in [1.165, 1.54) is 0 Å². The summed E-state index contributed by atoms with van der Waals surface area (Å²) in [6.07, 6.45) is -38.6. The van der Waals surface area contributed by atoms with Gasteiger partial charge in [0, 0.05) is 25.7 Å². The predicted octanol–water partition coefficient (Wildman–Crippen LogP) is 8.46. The largest absolute Gasteiger partial charge is 0.756 e. The van der Waals surface area contributed by atoms with Crippen LogP contribution < -0.4 is 4.89 Å². The maximum Gasteiger partial charge on any atom is 0.431 e. The van der Waals surface area contributed by atoms with Gasteiger partial charge in [0.1, 0.15) is 0 Å². The number of hydrogen-bond donors (Lipinski definition) is 0. The first-order chi connectivity index (χ1) is 16.8. The standard InChI is InChI=1S/C16H17F18O4P/c17-9(18,5-1-3-7-11(21,22)23)13(27,28)15(31,32)37-39(35,36)38-16(33,34)14(29,30)10(19,20)6-2-4-8-12(24,25)26/h1-8H2,(H,35,36)/p-1. The topological polar surface area (TPSA) is 58.6 Å². The van der Waals surface area contributed by atoms with Crippen LogP contribution in [0.15, 0.2) is 0 Å². The summed E-state index contributed by atoms with van der Waals surface area (Å²) in [6, 6.07) is 0. The van der Waals surface area contributed by atoms with Gasteiger partial charge in [-0.1, -0.05) is 0 Å². The summed E-state index contributed by atoms with van der Waals surface area (Å²) >= 11 is 0. The Labute approximate surface area is 206 Å². The van der Waals surface area contributed by atoms with E-state index < -0.39 is 107 Å². The molecule has 0 amide bonds. The van der Waals surface area contributed by atoms with Gasteiger partial charge in [-0.05, 0) is 25.7 Å². The van der Waals surface area contributed by atoms with Gasteiger partial charge in [-0.15, -0.1) is 0 Å². The molecule has 0 aliphatic rings. The second kappa shape index (κ2) is 12.0. The Morgan fingerprint density at radius 1 is 0.462 bits per heavy atom. The lowest BCUT2D eigenvalue weighted by Gasteiger charge is -2.38. The molecule has 236 valence electrons. The lowest BCUT2D eigenvalue weighted by molar-refractivity contribution is -0.412. The van der Waals surface area contributed by atoms with Gasteiger partial charge in [0.05, 0.1) is 0 Å². The minimum absolute atomic E-state index is 1.32. The van der Waals surface area contributed by atoms with Crippen molar-refractivity contribution in [3.05, 3.63) is 0 Å². The van der Waals surface area contributed by atoms with Gasteiger partial charge in [-0.25, -0.2) is 9.05 Å². The Kier molecular flexibility index (Phi) is 11.6. The summed E-state index contributed by atoms with van der Waals surface area (Å²) in [6.45, 7) is 0. The first-order valence-corrected chi connectivity index (χ1v) is 11.4. The lowest BCUT2D eigenvalue weighted by Crippen LogP contribution is -2.57. The molecule has 0 aliphatic heterocycles. The van der Waals surface area contributed by atoms with Crippen LogP contribution in [0.3, 0.4) is 0 Å². The molecule has 0 fully saturated rings. The van der Waals surface area contributed by atoms with E-state index in [2.05, 4.69) is 9.05 Å². The third kappa shape index (κ3) is 10.6. The van der Waals surface area contributed by atoms with Crippen molar-refractivity contribution in [2.75, 3.05) is 0 Å². The fraction of sp³-hybridized carbons (Fsp3) is 1.00. The van der Waals surface area contributed by atoms with Crippen LogP contribution in [0.1, 0.15) is 51.4 Å². The minimum atomic E-state index is -8.05. The molecule has 0 aromatic rings. The van der Waals surface area contributed by atoms with Crippen molar-refractivity contribution in [3.8, 4) is 0 Å². The Morgan fingerprint density at radius 3 is 0.923 bits per heavy atom. The zero-order chi connectivity index (χ0) is 31.6. The van der Waals surface area contributed by atoms with Crippen molar-refractivity contribution in [3.63, 3.8) is 0 Å². The molecule has 0 aliphatic carbocycles. The molecular weight excluding hydrogens is 629 g/mol. The Morgan fingerprint density at radius 2 is 0.692 bits per heavy atom. The van der Waals surface area contributed by atoms with E-state index in [9.17, 15) is 88.5 Å². The molecule has 0 aromatic heterocycles. The molecule has 0 bridgehead atoms. The van der Waals surface area contributed by atoms with Crippen LogP contribution in [0.2, 0.25) is 0 Å². The third-order valence-corrected chi connectivity index (χ3v) is 5.41. The van der Waals surface area contributed by atoms with Crippen LogP contribution in [0.25, 0.3) is 0 Å². The minimum Gasteiger partial charge on any atom is -0.756 e. The predicted molar refractivity (Wildman–Crippen MR) is 88.5 cm³/mol. The molecule has 0 saturated heterocycles. The molecule has 39 heavy (non-hydrogen) atoms. The lowest BCUT2D eigenvalue weighted by atomic mass is 10.0. The van der Waals surface area contributed by atoms with Gasteiger partial charge in [0.25, 0.3) is 7.82 Å². The van der Waals surface area contributed by atoms with Crippen molar-refractivity contribution in [1.82, 2.24) is 0 Å². The van der Waals surface area contributed by atoms with Crippen LogP contribution >= 0.6 is 7.82 Å². The zero-order valence-corrected chi connectivity index (χ0v) is 19.4. The highest BCUT2D eigenvalue weighted by atomic mass is 31.2. The molecule has 0 unspecified atom stereocenters. The molecule has 0 saturated carbocycles. The molecule has 0 spiro atoms. The number of halogens is 18. The van der Waals surface area contributed by atoms with Crippen molar-refractivity contribution in [1.29, 1.82) is 0 Å². The van der Waals surface area contributed by atoms with Gasteiger partial charge in [-0.3, -0.25) is 4.57 Å². The molecule has 0 rings (SSSR count). The summed E-state index contributed by atoms with van der Waals surface area (Å²) in [5.41, 5.74) is 0. The number of unbranched alkanes of at least 4 members (excludes halogenated alkanes) is 2. The Bertz CT molecular complexity index is 774. The SMILES string of the molecule is O=P([O-])(OC(F)(F)C(F)(F)C(F)(F)CCCCC(F)(F)F)OC(F)(F)C(F)(F)C(F)(F)CCCCC(F)(F)F. The van der Waals surface area contributed by atoms with Gasteiger partial charge in [0.15, 0.2) is 0 Å². The first-order valence-electron chi connectivity index (χ1n) is 9.95. The van der Waals surface area contributed by atoms with E-state index in [0.29, 0.717) is 0 Å². The quantitative estimate of drug-likeness (QED) is 0.0961. The van der Waals surface area contributed by atoms with E-state index in [0.717, 1.165) is 0 Å². The van der Waals surface area contributed by atoms with Crippen LogP contribution in [0.4, 0.5) is 79.0 Å². The Hall–Kier alpha value is -1.15. The maximum atomic E-state index is 13.6. The second-order valence-corrected chi connectivity index (χ2v) is 9.13. The summed E-state index contributed by atoms with van der Waals surface area (Å²) in [5, 5.41) is 0. The monoisotopic (exact) mass is 645 g/mol. The highest BCUT2D eigenvalue weighted by Gasteiger charge is 2.76. The zero-order valence-electron chi connectivity index (χ0n) is 18.5. The van der Waals surface area contributed by atoms with Crippen LogP contribution in [0, 0.1) is 0 Å². The molecule has 0 heterocycles. The molecule has 0 atom stereocenters. The van der Waals surface area contributed by atoms with Gasteiger partial charge < -0.3 is 4.89 Å². The number of rotatable bonds is 16. The smallest absolute Gasteiger partial charge is 0.431 e. The Balaban J connectivity index is 5.60. The number of phosphoric acid groups is 1. The summed E-state index contributed by atoms with van der Waals surface area (Å²) in [7, 11) is -8.05. The number of alkyl halides is 18. The summed E-state index contributed by atoms with van der Waals surface area (Å²) in [5.74, 6) is -26.3. The maximum absolute atomic E-state index is 13.6. The van der Waals surface area contributed by atoms with E-state index >= 15 is 0 Å². The van der Waals surface area contributed by atoms with E-state index in [-0.39, 0.29) is 0 Å². The van der Waals surface area contributed by atoms with Crippen LogP contribution in [-0.4, -0.2) is 48.3 Å².